The SMILES string of the molecule is Nc1ccc(CNC(=O)[C@H](N)Cc2ccccc2)cc1. The molecule has 5 N–H and O–H groups in total. The first-order valence-corrected chi connectivity index (χ1v) is 6.57. The molecule has 0 aliphatic carbocycles. The van der Waals surface area contributed by atoms with Crippen LogP contribution in [0.1, 0.15) is 11.1 Å². The van der Waals surface area contributed by atoms with Gasteiger partial charge in [0.25, 0.3) is 0 Å². The molecule has 0 aliphatic rings. The first-order valence-electron chi connectivity index (χ1n) is 6.57. The van der Waals surface area contributed by atoms with Gasteiger partial charge >= 0.3 is 0 Å². The Kier molecular flexibility index (Phi) is 4.74. The summed E-state index contributed by atoms with van der Waals surface area (Å²) in [6.45, 7) is 0.460. The number of hydrogen-bond acceptors (Lipinski definition) is 3. The van der Waals surface area contributed by atoms with Gasteiger partial charge in [0.15, 0.2) is 0 Å². The summed E-state index contributed by atoms with van der Waals surface area (Å²) in [5.74, 6) is -0.148. The van der Waals surface area contributed by atoms with Gasteiger partial charge in [-0.15, -0.1) is 0 Å². The van der Waals surface area contributed by atoms with E-state index in [0.29, 0.717) is 18.7 Å². The minimum atomic E-state index is -0.536. The zero-order valence-corrected chi connectivity index (χ0v) is 11.3. The number of anilines is 1. The molecule has 104 valence electrons. The number of nitrogens with two attached hydrogens (primary N) is 2. The fourth-order valence-corrected chi connectivity index (χ4v) is 1.92. The van der Waals surface area contributed by atoms with Crippen LogP contribution in [0.5, 0.6) is 0 Å². The van der Waals surface area contributed by atoms with E-state index in [1.54, 1.807) is 0 Å². The third-order valence-corrected chi connectivity index (χ3v) is 3.08. The van der Waals surface area contributed by atoms with Crippen LogP contribution in [0.15, 0.2) is 54.6 Å². The van der Waals surface area contributed by atoms with Gasteiger partial charge in [0, 0.05) is 12.2 Å². The van der Waals surface area contributed by atoms with Crippen molar-refractivity contribution in [3.63, 3.8) is 0 Å². The van der Waals surface area contributed by atoms with Crippen LogP contribution in [0, 0.1) is 0 Å². The maximum atomic E-state index is 11.9. The molecule has 1 amide bonds. The Bertz CT molecular complexity index is 552. The van der Waals surface area contributed by atoms with Crippen molar-refractivity contribution < 1.29 is 4.79 Å². The van der Waals surface area contributed by atoms with E-state index in [1.807, 2.05) is 54.6 Å². The standard InChI is InChI=1S/C16H19N3O/c17-14-8-6-13(7-9-14)11-19-16(20)15(18)10-12-4-2-1-3-5-12/h1-9,15H,10-11,17-18H2,(H,19,20)/t15-/m1/s1. The van der Waals surface area contributed by atoms with Crippen LogP contribution in [-0.2, 0) is 17.8 Å². The van der Waals surface area contributed by atoms with Crippen LogP contribution in [0.4, 0.5) is 5.69 Å². The molecular weight excluding hydrogens is 250 g/mol. The molecule has 0 unspecified atom stereocenters. The Morgan fingerprint density at radius 2 is 1.65 bits per heavy atom. The molecule has 0 aliphatic heterocycles. The number of hydrogen-bond donors (Lipinski definition) is 3. The highest BCUT2D eigenvalue weighted by atomic mass is 16.2. The number of nitrogens with one attached hydrogen (secondary N) is 1. The molecule has 0 radical (unpaired) electrons. The van der Waals surface area contributed by atoms with Crippen molar-refractivity contribution in [3.05, 3.63) is 65.7 Å². The molecule has 0 saturated carbocycles. The summed E-state index contributed by atoms with van der Waals surface area (Å²) in [6, 6.07) is 16.6. The van der Waals surface area contributed by atoms with Crippen molar-refractivity contribution >= 4 is 11.6 Å². The number of nitrogen functional groups attached to an aromatic ring is 1. The van der Waals surface area contributed by atoms with E-state index in [0.717, 1.165) is 11.1 Å². The number of carbonyl (C=O) groups is 1. The molecule has 0 fully saturated rings. The molecule has 2 aromatic rings. The maximum absolute atomic E-state index is 11.9. The smallest absolute Gasteiger partial charge is 0.237 e. The molecule has 2 aromatic carbocycles. The molecular formula is C16H19N3O. The summed E-state index contributed by atoms with van der Waals surface area (Å²) in [7, 11) is 0. The fourth-order valence-electron chi connectivity index (χ4n) is 1.92. The Morgan fingerprint density at radius 3 is 2.30 bits per heavy atom. The lowest BCUT2D eigenvalue weighted by molar-refractivity contribution is -0.122. The molecule has 0 aromatic heterocycles. The van der Waals surface area contributed by atoms with Crippen molar-refractivity contribution in [2.45, 2.75) is 19.0 Å². The largest absolute Gasteiger partial charge is 0.399 e. The van der Waals surface area contributed by atoms with Gasteiger partial charge in [0.1, 0.15) is 0 Å². The summed E-state index contributed by atoms with van der Waals surface area (Å²) in [6.07, 6.45) is 0.536. The number of rotatable bonds is 5. The van der Waals surface area contributed by atoms with Gasteiger partial charge in [-0.2, -0.15) is 0 Å². The van der Waals surface area contributed by atoms with Crippen molar-refractivity contribution in [2.24, 2.45) is 5.73 Å². The second-order valence-corrected chi connectivity index (χ2v) is 4.76. The fraction of sp³-hybridized carbons (Fsp3) is 0.188. The topological polar surface area (TPSA) is 81.1 Å². The predicted molar refractivity (Wildman–Crippen MR) is 80.8 cm³/mol. The van der Waals surface area contributed by atoms with Gasteiger partial charge in [0.05, 0.1) is 6.04 Å². The molecule has 4 nitrogen and oxygen atoms in total. The van der Waals surface area contributed by atoms with Gasteiger partial charge < -0.3 is 16.8 Å². The average molecular weight is 269 g/mol. The highest BCUT2D eigenvalue weighted by Gasteiger charge is 2.13. The molecule has 0 saturated heterocycles. The number of benzene rings is 2. The first-order chi connectivity index (χ1) is 9.65. The van der Waals surface area contributed by atoms with Crippen molar-refractivity contribution in [1.29, 1.82) is 0 Å². The first kappa shape index (κ1) is 14.1. The van der Waals surface area contributed by atoms with Gasteiger partial charge in [-0.3, -0.25) is 4.79 Å². The average Bonchev–Trinajstić information content (AvgIpc) is 2.47. The van der Waals surface area contributed by atoms with Crippen LogP contribution in [-0.4, -0.2) is 11.9 Å². The maximum Gasteiger partial charge on any atom is 0.237 e. The molecule has 20 heavy (non-hydrogen) atoms. The predicted octanol–water partition coefficient (Wildman–Crippen LogP) is 1.46. The van der Waals surface area contributed by atoms with Crippen LogP contribution < -0.4 is 16.8 Å². The van der Waals surface area contributed by atoms with E-state index < -0.39 is 6.04 Å². The Hall–Kier alpha value is -2.33. The second-order valence-electron chi connectivity index (χ2n) is 4.76. The van der Waals surface area contributed by atoms with Crippen LogP contribution in [0.25, 0.3) is 0 Å². The highest BCUT2D eigenvalue weighted by Crippen LogP contribution is 2.05. The summed E-state index contributed by atoms with van der Waals surface area (Å²) in [4.78, 5) is 11.9. The molecule has 4 heteroatoms. The van der Waals surface area contributed by atoms with E-state index >= 15 is 0 Å². The van der Waals surface area contributed by atoms with Crippen LogP contribution in [0.3, 0.4) is 0 Å². The van der Waals surface area contributed by atoms with E-state index in [1.165, 1.54) is 0 Å². The monoisotopic (exact) mass is 269 g/mol. The highest BCUT2D eigenvalue weighted by molar-refractivity contribution is 5.81. The van der Waals surface area contributed by atoms with E-state index in [4.69, 9.17) is 11.5 Å². The summed E-state index contributed by atoms with van der Waals surface area (Å²) < 4.78 is 0. The lowest BCUT2D eigenvalue weighted by Gasteiger charge is -2.12. The quantitative estimate of drug-likeness (QED) is 0.719. The van der Waals surface area contributed by atoms with E-state index in [-0.39, 0.29) is 5.91 Å². The molecule has 1 atom stereocenters. The lowest BCUT2D eigenvalue weighted by Crippen LogP contribution is -2.41. The van der Waals surface area contributed by atoms with Crippen LogP contribution in [0.2, 0.25) is 0 Å². The molecule has 0 spiro atoms. The zero-order chi connectivity index (χ0) is 14.4. The number of amides is 1. The van der Waals surface area contributed by atoms with Gasteiger partial charge in [-0.25, -0.2) is 0 Å². The van der Waals surface area contributed by atoms with Crippen molar-refractivity contribution in [2.75, 3.05) is 5.73 Å². The summed E-state index contributed by atoms with van der Waals surface area (Å²) in [5, 5.41) is 2.83. The third-order valence-electron chi connectivity index (χ3n) is 3.08. The number of carbonyl (C=O) groups excluding carboxylic acids is 1. The summed E-state index contributed by atoms with van der Waals surface area (Å²) >= 11 is 0. The minimum absolute atomic E-state index is 0.148. The normalized spacial score (nSPS) is 11.8. The molecule has 0 bridgehead atoms. The van der Waals surface area contributed by atoms with Gasteiger partial charge in [-0.05, 0) is 29.7 Å². The van der Waals surface area contributed by atoms with Crippen molar-refractivity contribution in [1.82, 2.24) is 5.32 Å². The van der Waals surface area contributed by atoms with E-state index in [9.17, 15) is 4.79 Å². The second kappa shape index (κ2) is 6.73. The minimum Gasteiger partial charge on any atom is -0.399 e. The lowest BCUT2D eigenvalue weighted by atomic mass is 10.1. The van der Waals surface area contributed by atoms with Gasteiger partial charge in [-0.1, -0.05) is 42.5 Å². The van der Waals surface area contributed by atoms with E-state index in [2.05, 4.69) is 5.32 Å². The van der Waals surface area contributed by atoms with Gasteiger partial charge in [0.2, 0.25) is 5.91 Å². The molecule has 0 heterocycles. The Morgan fingerprint density at radius 1 is 1.00 bits per heavy atom. The van der Waals surface area contributed by atoms with Crippen LogP contribution >= 0.6 is 0 Å². The Balaban J connectivity index is 1.83. The molecule has 2 rings (SSSR count). The Labute approximate surface area is 118 Å². The summed E-state index contributed by atoms with van der Waals surface area (Å²) in [5.41, 5.74) is 14.3. The van der Waals surface area contributed by atoms with Crippen molar-refractivity contribution in [3.8, 4) is 0 Å². The third kappa shape index (κ3) is 4.10. The zero-order valence-electron chi connectivity index (χ0n) is 11.3.